The summed E-state index contributed by atoms with van der Waals surface area (Å²) in [5.74, 6) is -0.619. The quantitative estimate of drug-likeness (QED) is 0.528. The molecule has 8 heteroatoms. The van der Waals surface area contributed by atoms with Crippen LogP contribution < -0.4 is 0 Å². The monoisotopic (exact) mass is 396 g/mol. The zero-order valence-electron chi connectivity index (χ0n) is 16.7. The van der Waals surface area contributed by atoms with E-state index in [2.05, 4.69) is 0 Å². The molecule has 4 rings (SSSR count). The van der Waals surface area contributed by atoms with Gasteiger partial charge in [-0.05, 0) is 40.0 Å². The Morgan fingerprint density at radius 2 is 1.54 bits per heavy atom. The SMILES string of the molecule is CC1(CC2CCC(=O)O2)CCC(=O)O1.CC1OC(=O)CC1C1(C)CCC(=O)O1. The fourth-order valence-corrected chi connectivity index (χ4v) is 4.46. The fraction of sp³-hybridized carbons (Fsp3) is 0.800. The predicted molar refractivity (Wildman–Crippen MR) is 94.9 cm³/mol. The van der Waals surface area contributed by atoms with Gasteiger partial charge in [0.2, 0.25) is 0 Å². The Balaban J connectivity index is 0.000000161. The Labute approximate surface area is 164 Å². The van der Waals surface area contributed by atoms with Crippen molar-refractivity contribution in [2.24, 2.45) is 5.92 Å². The lowest BCUT2D eigenvalue weighted by atomic mass is 9.82. The van der Waals surface area contributed by atoms with Gasteiger partial charge < -0.3 is 18.9 Å². The first-order valence-electron chi connectivity index (χ1n) is 9.91. The van der Waals surface area contributed by atoms with Gasteiger partial charge >= 0.3 is 23.9 Å². The molecule has 0 N–H and O–H groups in total. The van der Waals surface area contributed by atoms with Crippen LogP contribution in [-0.2, 0) is 38.1 Å². The van der Waals surface area contributed by atoms with Gasteiger partial charge in [-0.15, -0.1) is 0 Å². The first-order valence-corrected chi connectivity index (χ1v) is 9.91. The van der Waals surface area contributed by atoms with Crippen LogP contribution in [0.3, 0.4) is 0 Å². The standard InChI is InChI=1S/2C10H14O4/c1-6-7(5-9(12)13-6)10(2)4-3-8(11)14-10;1-10(5-4-9(12)14-10)6-7-2-3-8(11)13-7/h6-7H,3-5H2,1-2H3;7H,2-6H2,1H3. The maximum Gasteiger partial charge on any atom is 0.306 e. The van der Waals surface area contributed by atoms with Crippen molar-refractivity contribution >= 4 is 23.9 Å². The third kappa shape index (κ3) is 4.64. The molecule has 0 aromatic rings. The van der Waals surface area contributed by atoms with Crippen molar-refractivity contribution in [3.05, 3.63) is 0 Å². The first-order chi connectivity index (χ1) is 13.1. The molecule has 0 bridgehead atoms. The molecule has 0 aromatic heterocycles. The fourth-order valence-electron chi connectivity index (χ4n) is 4.46. The number of hydrogen-bond donors (Lipinski definition) is 0. The molecule has 8 nitrogen and oxygen atoms in total. The van der Waals surface area contributed by atoms with E-state index in [0.717, 1.165) is 12.8 Å². The summed E-state index contributed by atoms with van der Waals surface area (Å²) in [6.45, 7) is 5.65. The van der Waals surface area contributed by atoms with Crippen LogP contribution in [0.4, 0.5) is 0 Å². The van der Waals surface area contributed by atoms with E-state index >= 15 is 0 Å². The average molecular weight is 396 g/mol. The van der Waals surface area contributed by atoms with E-state index in [0.29, 0.717) is 38.5 Å². The number of hydrogen-bond acceptors (Lipinski definition) is 8. The van der Waals surface area contributed by atoms with Crippen molar-refractivity contribution < 1.29 is 38.1 Å². The highest BCUT2D eigenvalue weighted by molar-refractivity contribution is 5.75. The molecule has 4 saturated heterocycles. The normalized spacial score (nSPS) is 39.8. The van der Waals surface area contributed by atoms with Gasteiger partial charge in [-0.25, -0.2) is 0 Å². The molecule has 0 spiro atoms. The summed E-state index contributed by atoms with van der Waals surface area (Å²) in [7, 11) is 0. The Morgan fingerprint density at radius 3 is 2.00 bits per heavy atom. The molecule has 4 aliphatic rings. The van der Waals surface area contributed by atoms with E-state index in [9.17, 15) is 19.2 Å². The molecule has 156 valence electrons. The van der Waals surface area contributed by atoms with Crippen LogP contribution in [0.2, 0.25) is 0 Å². The van der Waals surface area contributed by atoms with Crippen LogP contribution in [0.15, 0.2) is 0 Å². The maximum atomic E-state index is 11.1. The zero-order valence-corrected chi connectivity index (χ0v) is 16.7. The van der Waals surface area contributed by atoms with Crippen molar-refractivity contribution in [2.75, 3.05) is 0 Å². The van der Waals surface area contributed by atoms with Gasteiger partial charge in [0.1, 0.15) is 23.4 Å². The van der Waals surface area contributed by atoms with E-state index < -0.39 is 11.2 Å². The second-order valence-electron chi connectivity index (χ2n) is 8.57. The van der Waals surface area contributed by atoms with Crippen molar-refractivity contribution in [1.29, 1.82) is 0 Å². The largest absolute Gasteiger partial charge is 0.462 e. The highest BCUT2D eigenvalue weighted by atomic mass is 16.6. The predicted octanol–water partition coefficient (Wildman–Crippen LogP) is 2.21. The lowest BCUT2D eigenvalue weighted by molar-refractivity contribution is -0.153. The first kappa shape index (κ1) is 20.6. The van der Waals surface area contributed by atoms with Crippen LogP contribution in [0, 0.1) is 5.92 Å². The number of esters is 4. The summed E-state index contributed by atoms with van der Waals surface area (Å²) in [6.07, 6.45) is 4.43. The molecular weight excluding hydrogens is 368 g/mol. The van der Waals surface area contributed by atoms with E-state index in [1.165, 1.54) is 0 Å². The summed E-state index contributed by atoms with van der Waals surface area (Å²) in [5.41, 5.74) is -0.908. The summed E-state index contributed by atoms with van der Waals surface area (Å²) in [4.78, 5) is 44.0. The number of rotatable bonds is 3. The molecule has 5 unspecified atom stereocenters. The molecule has 4 fully saturated rings. The number of ether oxygens (including phenoxy) is 4. The van der Waals surface area contributed by atoms with E-state index in [1.807, 2.05) is 20.8 Å². The lowest BCUT2D eigenvalue weighted by Gasteiger charge is -2.30. The van der Waals surface area contributed by atoms with Gasteiger partial charge in [0.15, 0.2) is 0 Å². The maximum absolute atomic E-state index is 11.1. The summed E-state index contributed by atoms with van der Waals surface area (Å²) < 4.78 is 20.6. The summed E-state index contributed by atoms with van der Waals surface area (Å²) in [6, 6.07) is 0. The second kappa shape index (κ2) is 7.72. The highest BCUT2D eigenvalue weighted by Gasteiger charge is 2.50. The Bertz CT molecular complexity index is 673. The number of carbonyl (C=O) groups is 4. The Morgan fingerprint density at radius 1 is 0.857 bits per heavy atom. The van der Waals surface area contributed by atoms with Gasteiger partial charge in [-0.2, -0.15) is 0 Å². The van der Waals surface area contributed by atoms with Crippen LogP contribution in [0.1, 0.15) is 72.1 Å². The molecule has 4 aliphatic heterocycles. The van der Waals surface area contributed by atoms with Gasteiger partial charge in [0.25, 0.3) is 0 Å². The molecule has 5 atom stereocenters. The van der Waals surface area contributed by atoms with Crippen LogP contribution >= 0.6 is 0 Å². The van der Waals surface area contributed by atoms with Gasteiger partial charge in [0.05, 0.1) is 6.42 Å². The Hall–Kier alpha value is -2.12. The smallest absolute Gasteiger partial charge is 0.306 e. The topological polar surface area (TPSA) is 105 Å². The summed E-state index contributed by atoms with van der Waals surface area (Å²) in [5, 5.41) is 0. The molecule has 4 heterocycles. The summed E-state index contributed by atoms with van der Waals surface area (Å²) >= 11 is 0. The minimum Gasteiger partial charge on any atom is -0.462 e. The minimum absolute atomic E-state index is 0.0152. The minimum atomic E-state index is -0.497. The van der Waals surface area contributed by atoms with Gasteiger partial charge in [-0.1, -0.05) is 0 Å². The number of carbonyl (C=O) groups excluding carboxylic acids is 4. The van der Waals surface area contributed by atoms with E-state index in [1.54, 1.807) is 0 Å². The van der Waals surface area contributed by atoms with Crippen molar-refractivity contribution in [2.45, 2.75) is 95.5 Å². The molecule has 28 heavy (non-hydrogen) atoms. The molecular formula is C20H28O8. The van der Waals surface area contributed by atoms with Gasteiger partial charge in [0, 0.05) is 31.6 Å². The molecule has 0 saturated carbocycles. The second-order valence-corrected chi connectivity index (χ2v) is 8.57. The van der Waals surface area contributed by atoms with Crippen molar-refractivity contribution in [1.82, 2.24) is 0 Å². The lowest BCUT2D eigenvalue weighted by Crippen LogP contribution is -2.38. The van der Waals surface area contributed by atoms with Crippen LogP contribution in [0.25, 0.3) is 0 Å². The molecule has 0 aromatic carbocycles. The van der Waals surface area contributed by atoms with Crippen LogP contribution in [0.5, 0.6) is 0 Å². The van der Waals surface area contributed by atoms with E-state index in [-0.39, 0.29) is 42.0 Å². The van der Waals surface area contributed by atoms with Crippen molar-refractivity contribution in [3.63, 3.8) is 0 Å². The van der Waals surface area contributed by atoms with Gasteiger partial charge in [-0.3, -0.25) is 19.2 Å². The Kier molecular flexibility index (Phi) is 5.68. The molecule has 0 aliphatic carbocycles. The molecule has 0 radical (unpaired) electrons. The van der Waals surface area contributed by atoms with Crippen molar-refractivity contribution in [3.8, 4) is 0 Å². The third-order valence-corrected chi connectivity index (χ3v) is 6.07. The third-order valence-electron chi connectivity index (χ3n) is 6.07. The molecule has 0 amide bonds. The van der Waals surface area contributed by atoms with Crippen LogP contribution in [-0.4, -0.2) is 47.3 Å². The zero-order chi connectivity index (χ0) is 20.5. The highest BCUT2D eigenvalue weighted by Crippen LogP contribution is 2.41. The number of cyclic esters (lactones) is 4. The average Bonchev–Trinajstić information content (AvgIpc) is 3.32. The van der Waals surface area contributed by atoms with E-state index in [4.69, 9.17) is 18.9 Å².